The number of hydrogen-bond acceptors (Lipinski definition) is 6. The Balaban J connectivity index is 1.76. The van der Waals surface area contributed by atoms with E-state index >= 15 is 0 Å². The minimum Gasteiger partial charge on any atom is -0.394 e. The molecule has 0 saturated carbocycles. The summed E-state index contributed by atoms with van der Waals surface area (Å²) in [7, 11) is 2.02. The monoisotopic (exact) mass is 497 g/mol. The van der Waals surface area contributed by atoms with Crippen molar-refractivity contribution in [1.82, 2.24) is 24.8 Å². The highest BCUT2D eigenvalue weighted by Crippen LogP contribution is 2.24. The number of aliphatic hydroxyl groups is 1. The molecule has 33 heavy (non-hydrogen) atoms. The molecule has 0 saturated heterocycles. The summed E-state index contributed by atoms with van der Waals surface area (Å²) in [6.45, 7) is 6.67. The van der Waals surface area contributed by atoms with Crippen LogP contribution in [0.1, 0.15) is 37.9 Å². The van der Waals surface area contributed by atoms with Crippen molar-refractivity contribution < 1.29 is 14.6 Å². The van der Waals surface area contributed by atoms with Gasteiger partial charge in [0.25, 0.3) is 0 Å². The Kier molecular flexibility index (Phi) is 9.52. The zero-order valence-electron chi connectivity index (χ0n) is 19.5. The van der Waals surface area contributed by atoms with Crippen LogP contribution >= 0.6 is 23.2 Å². The lowest BCUT2D eigenvalue weighted by atomic mass is 10.0. The first-order valence-electron chi connectivity index (χ1n) is 11.3. The van der Waals surface area contributed by atoms with Crippen molar-refractivity contribution in [2.45, 2.75) is 58.5 Å². The number of hydrogen-bond donors (Lipinski definition) is 1. The van der Waals surface area contributed by atoms with Crippen molar-refractivity contribution in [2.24, 2.45) is 5.92 Å². The Morgan fingerprint density at radius 1 is 1.33 bits per heavy atom. The molecule has 1 aromatic heterocycles. The topological polar surface area (TPSA) is 83.7 Å². The number of carbonyl (C=O) groups excluding carboxylic acids is 1. The number of fused-ring (bicyclic) bond motifs is 2. The molecule has 1 aromatic carbocycles. The summed E-state index contributed by atoms with van der Waals surface area (Å²) in [6.07, 6.45) is 2.78. The van der Waals surface area contributed by atoms with Crippen molar-refractivity contribution >= 4 is 29.1 Å². The second-order valence-corrected chi connectivity index (χ2v) is 9.74. The third kappa shape index (κ3) is 7.39. The van der Waals surface area contributed by atoms with Crippen LogP contribution in [0.3, 0.4) is 0 Å². The van der Waals surface area contributed by atoms with E-state index in [1.165, 1.54) is 0 Å². The van der Waals surface area contributed by atoms with Crippen molar-refractivity contribution in [3.63, 3.8) is 0 Å². The zero-order chi connectivity index (χ0) is 24.0. The normalized spacial score (nSPS) is 21.4. The maximum atomic E-state index is 12.9. The summed E-state index contributed by atoms with van der Waals surface area (Å²) >= 11 is 12.2. The van der Waals surface area contributed by atoms with E-state index in [0.29, 0.717) is 55.7 Å². The van der Waals surface area contributed by atoms with E-state index in [-0.39, 0.29) is 30.6 Å². The summed E-state index contributed by atoms with van der Waals surface area (Å²) in [4.78, 5) is 16.9. The molecule has 1 amide bonds. The number of aliphatic hydroxyl groups excluding tert-OH is 1. The Morgan fingerprint density at radius 3 is 2.85 bits per heavy atom. The highest BCUT2D eigenvalue weighted by atomic mass is 35.5. The molecule has 1 aliphatic heterocycles. The molecule has 0 spiro atoms. The van der Waals surface area contributed by atoms with Crippen LogP contribution in [-0.4, -0.2) is 74.7 Å². The largest absolute Gasteiger partial charge is 0.394 e. The lowest BCUT2D eigenvalue weighted by molar-refractivity contribution is -0.136. The maximum absolute atomic E-state index is 12.9. The van der Waals surface area contributed by atoms with Crippen molar-refractivity contribution in [2.75, 3.05) is 26.7 Å². The number of benzene rings is 1. The number of rotatable bonds is 6. The fraction of sp³-hybridized carbons (Fsp3) is 0.609. The Hall–Kier alpha value is -1.71. The smallest absolute Gasteiger partial charge is 0.222 e. The number of amides is 1. The molecule has 8 nitrogen and oxygen atoms in total. The Labute approximate surface area is 205 Å². The third-order valence-electron chi connectivity index (χ3n) is 5.97. The standard InChI is InChI=1S/C23H33Cl2N5O3/c1-16-10-30(17(2)14-31)23(32)5-4-8-29-12-19(26-27-29)15-33-22(16)13-28(3)11-18-6-7-20(24)21(25)9-18/h6-7,9,12,16-17,22,31H,4-5,8,10-11,13-15H2,1-3H3/t16-,17-,22+/m1/s1. The molecule has 10 heteroatoms. The van der Waals surface area contributed by atoms with Gasteiger partial charge in [0.15, 0.2) is 0 Å². The molecular weight excluding hydrogens is 465 g/mol. The number of nitrogens with zero attached hydrogens (tertiary/aromatic N) is 5. The molecule has 0 radical (unpaired) electrons. The minimum atomic E-state index is -0.253. The molecule has 1 aliphatic rings. The van der Waals surface area contributed by atoms with Crippen molar-refractivity contribution in [1.29, 1.82) is 0 Å². The van der Waals surface area contributed by atoms with Crippen molar-refractivity contribution in [3.8, 4) is 0 Å². The van der Waals surface area contributed by atoms with Crippen molar-refractivity contribution in [3.05, 3.63) is 45.7 Å². The highest BCUT2D eigenvalue weighted by molar-refractivity contribution is 6.42. The molecule has 2 heterocycles. The molecule has 0 unspecified atom stereocenters. The van der Waals surface area contributed by atoms with Crippen LogP contribution in [0, 0.1) is 5.92 Å². The number of aromatic nitrogens is 3. The first-order valence-corrected chi connectivity index (χ1v) is 12.1. The lowest BCUT2D eigenvalue weighted by Crippen LogP contribution is -2.47. The maximum Gasteiger partial charge on any atom is 0.222 e. The van der Waals surface area contributed by atoms with E-state index in [2.05, 4.69) is 22.1 Å². The number of likely N-dealkylation sites (N-methyl/N-ethyl adjacent to an activating group) is 1. The molecule has 1 N–H and O–H groups in total. The molecule has 3 rings (SSSR count). The van der Waals surface area contributed by atoms with E-state index in [1.54, 1.807) is 15.6 Å². The van der Waals surface area contributed by atoms with Crippen LogP contribution in [0.2, 0.25) is 10.0 Å². The summed E-state index contributed by atoms with van der Waals surface area (Å²) in [5.74, 6) is 0.0703. The average molecular weight is 498 g/mol. The van der Waals surface area contributed by atoms with Gasteiger partial charge in [-0.15, -0.1) is 5.10 Å². The second-order valence-electron chi connectivity index (χ2n) is 8.93. The van der Waals surface area contributed by atoms with Gasteiger partial charge in [0.1, 0.15) is 5.69 Å². The van der Waals surface area contributed by atoms with Gasteiger partial charge < -0.3 is 14.7 Å². The molecule has 182 valence electrons. The molecule has 2 bridgehead atoms. The predicted octanol–water partition coefficient (Wildman–Crippen LogP) is 3.24. The van der Waals surface area contributed by atoms with Gasteiger partial charge >= 0.3 is 0 Å². The molecule has 3 atom stereocenters. The molecular formula is C23H33Cl2N5O3. The van der Waals surface area contributed by atoms with E-state index in [0.717, 1.165) is 11.3 Å². The predicted molar refractivity (Wildman–Crippen MR) is 128 cm³/mol. The van der Waals surface area contributed by atoms with Gasteiger partial charge in [0, 0.05) is 38.5 Å². The van der Waals surface area contributed by atoms with Crippen LogP contribution < -0.4 is 0 Å². The third-order valence-corrected chi connectivity index (χ3v) is 6.71. The molecule has 0 aliphatic carbocycles. The van der Waals surface area contributed by atoms with Crippen LogP contribution in [0.25, 0.3) is 0 Å². The number of carbonyl (C=O) groups is 1. The summed E-state index contributed by atoms with van der Waals surface area (Å²) in [5.41, 5.74) is 1.82. The summed E-state index contributed by atoms with van der Waals surface area (Å²) < 4.78 is 8.06. The van der Waals surface area contributed by atoms with Crippen LogP contribution in [0.15, 0.2) is 24.4 Å². The van der Waals surface area contributed by atoms with Gasteiger partial charge in [0.2, 0.25) is 5.91 Å². The Bertz CT molecular complexity index is 925. The van der Waals surface area contributed by atoms with Gasteiger partial charge in [-0.1, -0.05) is 41.4 Å². The SMILES string of the molecule is C[C@@H]1CN([C@H](C)CO)C(=O)CCCn2cc(nn2)CO[C@H]1CN(C)Cc1ccc(Cl)c(Cl)c1. The highest BCUT2D eigenvalue weighted by Gasteiger charge is 2.28. The van der Waals surface area contributed by atoms with Gasteiger partial charge in [0.05, 0.1) is 41.6 Å². The van der Waals surface area contributed by atoms with E-state index in [4.69, 9.17) is 27.9 Å². The quantitative estimate of drug-likeness (QED) is 0.659. The number of halogens is 2. The van der Waals surface area contributed by atoms with Gasteiger partial charge in [-0.05, 0) is 38.1 Å². The summed E-state index contributed by atoms with van der Waals surface area (Å²) in [6, 6.07) is 5.38. The molecule has 0 fully saturated rings. The first-order chi connectivity index (χ1) is 15.8. The van der Waals surface area contributed by atoms with E-state index < -0.39 is 0 Å². The van der Waals surface area contributed by atoms with Crippen LogP contribution in [0.4, 0.5) is 0 Å². The lowest BCUT2D eigenvalue weighted by Gasteiger charge is -2.35. The van der Waals surface area contributed by atoms with Crippen LogP contribution in [-0.2, 0) is 29.2 Å². The molecule has 2 aromatic rings. The second kappa shape index (κ2) is 12.1. The van der Waals surface area contributed by atoms with E-state index in [9.17, 15) is 9.90 Å². The zero-order valence-corrected chi connectivity index (χ0v) is 21.0. The Morgan fingerprint density at radius 2 is 2.12 bits per heavy atom. The fourth-order valence-corrected chi connectivity index (χ4v) is 4.34. The van der Waals surface area contributed by atoms with Gasteiger partial charge in [-0.3, -0.25) is 14.4 Å². The minimum absolute atomic E-state index is 0.0332. The average Bonchev–Trinajstić information content (AvgIpc) is 3.24. The summed E-state index contributed by atoms with van der Waals surface area (Å²) in [5, 5.41) is 19.1. The van der Waals surface area contributed by atoms with Gasteiger partial charge in [-0.25, -0.2) is 0 Å². The van der Waals surface area contributed by atoms with Gasteiger partial charge in [-0.2, -0.15) is 0 Å². The van der Waals surface area contributed by atoms with Crippen LogP contribution in [0.5, 0.6) is 0 Å². The first kappa shape index (κ1) is 25.9. The number of ether oxygens (including phenoxy) is 1. The van der Waals surface area contributed by atoms with E-state index in [1.807, 2.05) is 32.3 Å². The fourth-order valence-electron chi connectivity index (χ4n) is 4.01. The number of aryl methyl sites for hydroxylation is 1.